The van der Waals surface area contributed by atoms with Gasteiger partial charge in [0.15, 0.2) is 0 Å². The van der Waals surface area contributed by atoms with E-state index >= 15 is 0 Å². The lowest BCUT2D eigenvalue weighted by Crippen LogP contribution is -1.96. The molecule has 0 unspecified atom stereocenters. The summed E-state index contributed by atoms with van der Waals surface area (Å²) in [5.74, 6) is 0.753. The molecule has 0 atom stereocenters. The van der Waals surface area contributed by atoms with Gasteiger partial charge in [-0.2, -0.15) is 0 Å². The summed E-state index contributed by atoms with van der Waals surface area (Å²) in [4.78, 5) is 0. The molecular formula is C10H22O2. The molecule has 0 saturated carbocycles. The number of hydrogen-bond donors (Lipinski definition) is 2. The second-order valence-electron chi connectivity index (χ2n) is 3.54. The summed E-state index contributed by atoms with van der Waals surface area (Å²) in [5, 5.41) is 17.1. The second-order valence-corrected chi connectivity index (χ2v) is 3.54. The van der Waals surface area contributed by atoms with E-state index in [-0.39, 0.29) is 0 Å². The van der Waals surface area contributed by atoms with Gasteiger partial charge in [-0.05, 0) is 18.8 Å². The minimum atomic E-state index is 0.323. The molecule has 0 aromatic rings. The van der Waals surface area contributed by atoms with Crippen molar-refractivity contribution in [1.82, 2.24) is 0 Å². The minimum absolute atomic E-state index is 0.323. The van der Waals surface area contributed by atoms with Gasteiger partial charge in [0.05, 0.1) is 0 Å². The van der Waals surface area contributed by atoms with Crippen molar-refractivity contribution in [3.8, 4) is 0 Å². The molecule has 0 aliphatic heterocycles. The first kappa shape index (κ1) is 11.9. The highest BCUT2D eigenvalue weighted by Crippen LogP contribution is 2.14. The normalized spacial score (nSPS) is 11.0. The molecule has 0 spiro atoms. The van der Waals surface area contributed by atoms with E-state index in [0.29, 0.717) is 13.2 Å². The second kappa shape index (κ2) is 9.01. The Labute approximate surface area is 75.6 Å². The van der Waals surface area contributed by atoms with Crippen LogP contribution in [0, 0.1) is 5.92 Å². The van der Waals surface area contributed by atoms with Gasteiger partial charge in [-0.15, -0.1) is 0 Å². The molecule has 0 rings (SSSR count). The van der Waals surface area contributed by atoms with E-state index < -0.39 is 0 Å². The Morgan fingerprint density at radius 1 is 0.833 bits per heavy atom. The van der Waals surface area contributed by atoms with Gasteiger partial charge in [0.1, 0.15) is 0 Å². The van der Waals surface area contributed by atoms with E-state index in [1.54, 1.807) is 0 Å². The zero-order valence-corrected chi connectivity index (χ0v) is 8.13. The summed E-state index contributed by atoms with van der Waals surface area (Å²) in [6, 6.07) is 0. The Bertz CT molecular complexity index is 73.9. The summed E-state index contributed by atoms with van der Waals surface area (Å²) >= 11 is 0. The average molecular weight is 174 g/mol. The lowest BCUT2D eigenvalue weighted by Gasteiger charge is -2.09. The first-order valence-corrected chi connectivity index (χ1v) is 5.03. The maximum absolute atomic E-state index is 8.56. The SMILES string of the molecule is CC(CCCCO)CCCCO. The molecule has 0 aliphatic carbocycles. The van der Waals surface area contributed by atoms with Gasteiger partial charge in [-0.3, -0.25) is 0 Å². The summed E-state index contributed by atoms with van der Waals surface area (Å²) < 4.78 is 0. The largest absolute Gasteiger partial charge is 0.396 e. The van der Waals surface area contributed by atoms with Crippen molar-refractivity contribution >= 4 is 0 Å². The maximum Gasteiger partial charge on any atom is 0.0431 e. The molecule has 0 radical (unpaired) electrons. The topological polar surface area (TPSA) is 40.5 Å². The molecule has 12 heavy (non-hydrogen) atoms. The van der Waals surface area contributed by atoms with Crippen LogP contribution < -0.4 is 0 Å². The van der Waals surface area contributed by atoms with Crippen LogP contribution in [0.5, 0.6) is 0 Å². The van der Waals surface area contributed by atoms with Crippen molar-refractivity contribution in [3.05, 3.63) is 0 Å². The van der Waals surface area contributed by atoms with Crippen molar-refractivity contribution in [2.75, 3.05) is 13.2 Å². The fraction of sp³-hybridized carbons (Fsp3) is 1.00. The first-order valence-electron chi connectivity index (χ1n) is 5.03. The van der Waals surface area contributed by atoms with Crippen LogP contribution in [-0.4, -0.2) is 23.4 Å². The Morgan fingerprint density at radius 3 is 1.58 bits per heavy atom. The predicted molar refractivity (Wildman–Crippen MR) is 51.0 cm³/mol. The molecule has 0 saturated heterocycles. The number of aliphatic hydroxyl groups excluding tert-OH is 2. The van der Waals surface area contributed by atoms with Crippen molar-refractivity contribution < 1.29 is 10.2 Å². The van der Waals surface area contributed by atoms with Gasteiger partial charge in [-0.1, -0.05) is 32.6 Å². The number of unbranched alkanes of at least 4 members (excludes halogenated alkanes) is 2. The van der Waals surface area contributed by atoms with E-state index in [1.165, 1.54) is 12.8 Å². The molecule has 2 nitrogen and oxygen atoms in total. The standard InChI is InChI=1S/C10H22O2/c1-10(6-2-4-8-11)7-3-5-9-12/h10-12H,2-9H2,1H3. The number of rotatable bonds is 8. The van der Waals surface area contributed by atoms with E-state index in [2.05, 4.69) is 6.92 Å². The minimum Gasteiger partial charge on any atom is -0.396 e. The Hall–Kier alpha value is -0.0800. The van der Waals surface area contributed by atoms with Crippen LogP contribution in [0.2, 0.25) is 0 Å². The van der Waals surface area contributed by atoms with Crippen LogP contribution in [0.25, 0.3) is 0 Å². The fourth-order valence-electron chi connectivity index (χ4n) is 1.35. The fourth-order valence-corrected chi connectivity index (χ4v) is 1.35. The van der Waals surface area contributed by atoms with E-state index in [1.807, 2.05) is 0 Å². The van der Waals surface area contributed by atoms with Crippen LogP contribution in [0.3, 0.4) is 0 Å². The smallest absolute Gasteiger partial charge is 0.0431 e. The van der Waals surface area contributed by atoms with Gasteiger partial charge in [-0.25, -0.2) is 0 Å². The quantitative estimate of drug-likeness (QED) is 0.552. The van der Waals surface area contributed by atoms with Crippen LogP contribution in [0.4, 0.5) is 0 Å². The molecule has 0 aromatic carbocycles. The Balaban J connectivity index is 3.04. The highest BCUT2D eigenvalue weighted by Gasteiger charge is 2.00. The Kier molecular flexibility index (Phi) is 8.95. The average Bonchev–Trinajstić information content (AvgIpc) is 2.06. The molecule has 0 amide bonds. The number of hydrogen-bond acceptors (Lipinski definition) is 2. The third-order valence-electron chi connectivity index (χ3n) is 2.21. The lowest BCUT2D eigenvalue weighted by molar-refractivity contribution is 0.270. The summed E-state index contributed by atoms with van der Waals surface area (Å²) in [6.07, 6.45) is 6.57. The van der Waals surface area contributed by atoms with Gasteiger partial charge in [0.25, 0.3) is 0 Å². The molecule has 0 aliphatic rings. The van der Waals surface area contributed by atoms with E-state index in [4.69, 9.17) is 10.2 Å². The van der Waals surface area contributed by atoms with Gasteiger partial charge in [0, 0.05) is 13.2 Å². The van der Waals surface area contributed by atoms with Crippen molar-refractivity contribution in [2.24, 2.45) is 5.92 Å². The number of aliphatic hydroxyl groups is 2. The molecule has 2 N–H and O–H groups in total. The molecule has 0 bridgehead atoms. The van der Waals surface area contributed by atoms with Gasteiger partial charge < -0.3 is 10.2 Å². The maximum atomic E-state index is 8.56. The molecule has 0 aromatic heterocycles. The molecule has 2 heteroatoms. The Morgan fingerprint density at radius 2 is 1.25 bits per heavy atom. The summed E-state index contributed by atoms with van der Waals surface area (Å²) in [6.45, 7) is 2.89. The summed E-state index contributed by atoms with van der Waals surface area (Å²) in [5.41, 5.74) is 0. The first-order chi connectivity index (χ1) is 5.81. The van der Waals surface area contributed by atoms with E-state index in [9.17, 15) is 0 Å². The molecule has 0 heterocycles. The van der Waals surface area contributed by atoms with Crippen molar-refractivity contribution in [2.45, 2.75) is 45.4 Å². The van der Waals surface area contributed by atoms with Gasteiger partial charge >= 0.3 is 0 Å². The highest BCUT2D eigenvalue weighted by molar-refractivity contribution is 4.53. The highest BCUT2D eigenvalue weighted by atomic mass is 16.3. The van der Waals surface area contributed by atoms with E-state index in [0.717, 1.165) is 31.6 Å². The monoisotopic (exact) mass is 174 g/mol. The lowest BCUT2D eigenvalue weighted by atomic mass is 9.98. The molecule has 74 valence electrons. The van der Waals surface area contributed by atoms with Crippen LogP contribution >= 0.6 is 0 Å². The predicted octanol–water partition coefficient (Wildman–Crippen LogP) is 1.95. The third kappa shape index (κ3) is 8.02. The summed E-state index contributed by atoms with van der Waals surface area (Å²) in [7, 11) is 0. The van der Waals surface area contributed by atoms with Crippen LogP contribution in [-0.2, 0) is 0 Å². The van der Waals surface area contributed by atoms with Crippen molar-refractivity contribution in [1.29, 1.82) is 0 Å². The molecule has 0 fully saturated rings. The van der Waals surface area contributed by atoms with Crippen LogP contribution in [0.15, 0.2) is 0 Å². The van der Waals surface area contributed by atoms with Gasteiger partial charge in [0.2, 0.25) is 0 Å². The van der Waals surface area contributed by atoms with Crippen molar-refractivity contribution in [3.63, 3.8) is 0 Å². The third-order valence-corrected chi connectivity index (χ3v) is 2.21. The zero-order chi connectivity index (χ0) is 9.23. The van der Waals surface area contributed by atoms with Crippen LogP contribution in [0.1, 0.15) is 45.4 Å². The molecular weight excluding hydrogens is 152 g/mol. The zero-order valence-electron chi connectivity index (χ0n) is 8.13.